The first-order valence-electron chi connectivity index (χ1n) is 10.8. The molecule has 2 aromatic heterocycles. The normalized spacial score (nSPS) is 19.7. The van der Waals surface area contributed by atoms with Crippen molar-refractivity contribution in [1.82, 2.24) is 24.8 Å². The van der Waals surface area contributed by atoms with Crippen LogP contribution in [-0.4, -0.2) is 77.2 Å². The molecule has 2 aliphatic heterocycles. The first-order chi connectivity index (χ1) is 16.7. The number of ether oxygens (including phenoxy) is 2. The monoisotopic (exact) mass is 549 g/mol. The Balaban J connectivity index is 1.53. The number of imidazole rings is 1. The summed E-state index contributed by atoms with van der Waals surface area (Å²) in [7, 11) is -1.53. The van der Waals surface area contributed by atoms with Crippen molar-refractivity contribution < 1.29 is 35.9 Å². The molecule has 10 nitrogen and oxygen atoms in total. The lowest BCUT2D eigenvalue weighted by molar-refractivity contribution is -0.164. The van der Waals surface area contributed by atoms with Gasteiger partial charge >= 0.3 is 6.18 Å². The van der Waals surface area contributed by atoms with Gasteiger partial charge < -0.3 is 19.7 Å². The largest absolute Gasteiger partial charge is 0.478 e. The fourth-order valence-electron chi connectivity index (χ4n) is 3.71. The summed E-state index contributed by atoms with van der Waals surface area (Å²) in [6, 6.07) is 2.97. The van der Waals surface area contributed by atoms with Crippen molar-refractivity contribution in [2.45, 2.75) is 31.5 Å². The lowest BCUT2D eigenvalue weighted by Crippen LogP contribution is -2.51. The second-order valence-corrected chi connectivity index (χ2v) is 11.7. The number of aromatic nitrogens is 3. The van der Waals surface area contributed by atoms with Crippen molar-refractivity contribution in [3.8, 4) is 5.88 Å². The van der Waals surface area contributed by atoms with Gasteiger partial charge in [0.05, 0.1) is 24.2 Å². The van der Waals surface area contributed by atoms with Crippen molar-refractivity contribution in [2.24, 2.45) is 0 Å². The van der Waals surface area contributed by atoms with E-state index in [9.17, 15) is 26.4 Å². The number of nitrogens with zero attached hydrogens (tertiary/aromatic N) is 4. The molecule has 0 radical (unpaired) electrons. The Labute approximate surface area is 209 Å². The third-order valence-corrected chi connectivity index (χ3v) is 7.58. The highest BCUT2D eigenvalue weighted by Crippen LogP contribution is 2.27. The van der Waals surface area contributed by atoms with E-state index in [1.54, 1.807) is 14.0 Å². The molecule has 0 aromatic carbocycles. The highest BCUT2D eigenvalue weighted by Gasteiger charge is 2.35. The zero-order chi connectivity index (χ0) is 26.3. The number of rotatable bonds is 6. The molecule has 1 amide bonds. The Bertz CT molecular complexity index is 1340. The number of hydrogen-bond donors (Lipinski definition) is 1. The zero-order valence-electron chi connectivity index (χ0n) is 19.3. The topological polar surface area (TPSA) is 115 Å². The Hall–Kier alpha value is -3.00. The number of alkyl halides is 3. The van der Waals surface area contributed by atoms with E-state index < -0.39 is 34.1 Å². The fourth-order valence-corrected chi connectivity index (χ4v) is 5.71. The molecule has 4 rings (SSSR count). The number of carbonyl (C=O) groups excluding carboxylic acids is 1. The van der Waals surface area contributed by atoms with Crippen LogP contribution in [0.2, 0.25) is 0 Å². The van der Waals surface area contributed by atoms with Crippen LogP contribution in [0.5, 0.6) is 5.88 Å². The molecule has 0 atom stereocenters. The van der Waals surface area contributed by atoms with Crippen molar-refractivity contribution in [3.05, 3.63) is 46.8 Å². The van der Waals surface area contributed by atoms with Gasteiger partial charge in [0, 0.05) is 29.8 Å². The predicted molar refractivity (Wildman–Crippen MR) is 123 cm³/mol. The van der Waals surface area contributed by atoms with Crippen molar-refractivity contribution in [1.29, 1.82) is 0 Å². The smallest absolute Gasteiger partial charge is 0.422 e. The van der Waals surface area contributed by atoms with E-state index in [1.165, 1.54) is 33.8 Å². The average Bonchev–Trinajstić information content (AvgIpc) is 3.20. The van der Waals surface area contributed by atoms with Gasteiger partial charge in [-0.3, -0.25) is 4.79 Å². The van der Waals surface area contributed by atoms with E-state index in [4.69, 9.17) is 21.1 Å². The van der Waals surface area contributed by atoms with Gasteiger partial charge in [0.25, 0.3) is 5.91 Å². The predicted octanol–water partition coefficient (Wildman–Crippen LogP) is 2.62. The molecule has 4 heterocycles. The van der Waals surface area contributed by atoms with E-state index in [-0.39, 0.29) is 46.3 Å². The Morgan fingerprint density at radius 3 is 2.64 bits per heavy atom. The number of halogens is 4. The Kier molecular flexibility index (Phi) is 6.86. The lowest BCUT2D eigenvalue weighted by atomic mass is 9.95. The first-order valence-corrected chi connectivity index (χ1v) is 13.0. The number of likely N-dealkylation sites (N-methyl/N-ethyl adjacent to an activating group) is 1. The molecule has 0 spiro atoms. The number of nitrogens with one attached hydrogen (secondary N) is 1. The van der Waals surface area contributed by atoms with E-state index in [0.29, 0.717) is 18.5 Å². The molecular formula is C21H23ClF3N5O5S. The molecule has 15 heteroatoms. The third-order valence-electron chi connectivity index (χ3n) is 5.70. The summed E-state index contributed by atoms with van der Waals surface area (Å²) in [5.41, 5.74) is -0.293. The highest BCUT2D eigenvalue weighted by molar-refractivity contribution is 7.91. The molecule has 1 fully saturated rings. The van der Waals surface area contributed by atoms with Crippen LogP contribution in [0, 0.1) is 0 Å². The minimum atomic E-state index is -4.55. The zero-order valence-corrected chi connectivity index (χ0v) is 20.9. The molecule has 1 N–H and O–H groups in total. The molecule has 36 heavy (non-hydrogen) atoms. The molecule has 0 bridgehead atoms. The van der Waals surface area contributed by atoms with Gasteiger partial charge in [-0.05, 0) is 25.8 Å². The highest BCUT2D eigenvalue weighted by atomic mass is 35.5. The van der Waals surface area contributed by atoms with Gasteiger partial charge in [-0.1, -0.05) is 11.6 Å². The van der Waals surface area contributed by atoms with Crippen LogP contribution >= 0.6 is 11.6 Å². The third kappa shape index (κ3) is 6.22. The second-order valence-electron chi connectivity index (χ2n) is 8.89. The minimum Gasteiger partial charge on any atom is -0.478 e. The lowest BCUT2D eigenvalue weighted by Gasteiger charge is -2.34. The maximum Gasteiger partial charge on any atom is 0.422 e. The summed E-state index contributed by atoms with van der Waals surface area (Å²) >= 11 is 6.00. The van der Waals surface area contributed by atoms with E-state index in [2.05, 4.69) is 15.4 Å². The Morgan fingerprint density at radius 2 is 1.97 bits per heavy atom. The second kappa shape index (κ2) is 9.47. The minimum absolute atomic E-state index is 0.00340. The summed E-state index contributed by atoms with van der Waals surface area (Å²) in [5, 5.41) is 7.35. The van der Waals surface area contributed by atoms with Crippen LogP contribution in [0.15, 0.2) is 41.1 Å². The average molecular weight is 550 g/mol. The molecule has 2 aliphatic rings. The van der Waals surface area contributed by atoms with E-state index >= 15 is 0 Å². The van der Waals surface area contributed by atoms with Gasteiger partial charge in [0.15, 0.2) is 18.0 Å². The van der Waals surface area contributed by atoms with Crippen LogP contribution in [0.4, 0.5) is 13.2 Å². The molecule has 0 saturated carbocycles. The number of sulfone groups is 1. The first kappa shape index (κ1) is 26.1. The number of hydrogen-bond acceptors (Lipinski definition) is 8. The van der Waals surface area contributed by atoms with Gasteiger partial charge in [-0.25, -0.2) is 17.9 Å². The van der Waals surface area contributed by atoms with Gasteiger partial charge in [0.1, 0.15) is 15.5 Å². The summed E-state index contributed by atoms with van der Waals surface area (Å²) < 4.78 is 73.3. The maximum absolute atomic E-state index is 12.8. The summed E-state index contributed by atoms with van der Waals surface area (Å²) in [6.45, 7) is 0.446. The van der Waals surface area contributed by atoms with Crippen LogP contribution < -0.4 is 10.1 Å². The fraction of sp³-hybridized carbons (Fsp3) is 0.476. The molecule has 0 aliphatic carbocycles. The van der Waals surface area contributed by atoms with Gasteiger partial charge in [-0.15, -0.1) is 5.10 Å². The van der Waals surface area contributed by atoms with Crippen molar-refractivity contribution in [3.63, 3.8) is 0 Å². The molecule has 196 valence electrons. The number of fused-ring (bicyclic) bond motifs is 1. The standard InChI is InChI=1S/C21H23ClF3N5O5S/c1-20(5-7-36(32,33)8-6-20)27-18(31)14-11-30-16(26-14)3-4-17(28-30)35-19-15(34-12-21(23,24)25)9-13(22)10-29(19)2/h3-4,9,11H,5-8,10,12H2,1-2H3,(H,27,31). The maximum atomic E-state index is 12.8. The number of amides is 1. The molecule has 2 aromatic rings. The molecule has 1 saturated heterocycles. The van der Waals surface area contributed by atoms with E-state index in [1.807, 2.05) is 0 Å². The Morgan fingerprint density at radius 1 is 1.28 bits per heavy atom. The quantitative estimate of drug-likeness (QED) is 0.585. The number of carbonyl (C=O) groups is 1. The van der Waals surface area contributed by atoms with E-state index in [0.717, 1.165) is 0 Å². The van der Waals surface area contributed by atoms with Crippen LogP contribution in [-0.2, 0) is 14.6 Å². The van der Waals surface area contributed by atoms with Crippen molar-refractivity contribution in [2.75, 3.05) is 31.7 Å². The van der Waals surface area contributed by atoms with Gasteiger partial charge in [0.2, 0.25) is 11.8 Å². The number of allylic oxidation sites excluding steroid dienone is 1. The summed E-state index contributed by atoms with van der Waals surface area (Å²) in [6.07, 6.45) is -1.34. The summed E-state index contributed by atoms with van der Waals surface area (Å²) in [4.78, 5) is 18.5. The summed E-state index contributed by atoms with van der Waals surface area (Å²) in [5.74, 6) is -0.706. The molecule has 0 unspecified atom stereocenters. The van der Waals surface area contributed by atoms with Crippen LogP contribution in [0.25, 0.3) is 5.65 Å². The van der Waals surface area contributed by atoms with Crippen LogP contribution in [0.1, 0.15) is 30.3 Å². The SMILES string of the molecule is CN1CC(Cl)=CC(OCC(F)(F)F)=C1Oc1ccc2nc(C(=O)NC3(C)CCS(=O)(=O)CC3)cn2n1. The van der Waals surface area contributed by atoms with Crippen molar-refractivity contribution >= 4 is 33.0 Å². The van der Waals surface area contributed by atoms with Crippen LogP contribution in [0.3, 0.4) is 0 Å². The van der Waals surface area contributed by atoms with Gasteiger partial charge in [-0.2, -0.15) is 13.2 Å². The molecular weight excluding hydrogens is 527 g/mol.